The van der Waals surface area contributed by atoms with Crippen molar-refractivity contribution in [2.45, 2.75) is 39.0 Å². The van der Waals surface area contributed by atoms with Gasteiger partial charge in [0.2, 0.25) is 5.91 Å². The van der Waals surface area contributed by atoms with Crippen molar-refractivity contribution >= 4 is 28.2 Å². The van der Waals surface area contributed by atoms with Crippen LogP contribution in [-0.4, -0.2) is 25.6 Å². The molecule has 0 saturated carbocycles. The summed E-state index contributed by atoms with van der Waals surface area (Å²) in [5, 5.41) is 3.55. The van der Waals surface area contributed by atoms with Gasteiger partial charge in [-0.15, -0.1) is 11.3 Å². The lowest BCUT2D eigenvalue weighted by atomic mass is 9.95. The number of hydrogen-bond donors (Lipinski definition) is 1. The first-order valence-corrected chi connectivity index (χ1v) is 9.68. The van der Waals surface area contributed by atoms with Crippen LogP contribution in [0.3, 0.4) is 0 Å². The van der Waals surface area contributed by atoms with Crippen LogP contribution in [-0.2, 0) is 28.8 Å². The van der Waals surface area contributed by atoms with Gasteiger partial charge in [0, 0.05) is 4.88 Å². The molecule has 1 N–H and O–H groups in total. The van der Waals surface area contributed by atoms with Crippen LogP contribution in [0.5, 0.6) is 5.75 Å². The number of hydrogen-bond acceptors (Lipinski definition) is 5. The van der Waals surface area contributed by atoms with Crippen molar-refractivity contribution in [1.29, 1.82) is 0 Å². The zero-order valence-electron chi connectivity index (χ0n) is 15.1. The van der Waals surface area contributed by atoms with Gasteiger partial charge < -0.3 is 14.8 Å². The molecule has 2 aromatic rings. The lowest BCUT2D eigenvalue weighted by Crippen LogP contribution is -2.17. The minimum Gasteiger partial charge on any atom is -0.497 e. The van der Waals surface area contributed by atoms with Crippen LogP contribution in [0.2, 0.25) is 0 Å². The lowest BCUT2D eigenvalue weighted by molar-refractivity contribution is -0.115. The average Bonchev–Trinajstić information content (AvgIpc) is 2.99. The Hall–Kier alpha value is -2.34. The molecule has 1 amide bonds. The molecule has 5 nitrogen and oxygen atoms in total. The van der Waals surface area contributed by atoms with Gasteiger partial charge in [-0.05, 0) is 55.9 Å². The summed E-state index contributed by atoms with van der Waals surface area (Å²) in [5.74, 6) is 0.222. The van der Waals surface area contributed by atoms with Crippen LogP contribution in [0.1, 0.15) is 46.1 Å². The van der Waals surface area contributed by atoms with E-state index in [0.29, 0.717) is 22.9 Å². The van der Waals surface area contributed by atoms with E-state index in [2.05, 4.69) is 5.32 Å². The van der Waals surface area contributed by atoms with E-state index in [9.17, 15) is 9.59 Å². The Morgan fingerprint density at radius 1 is 1.23 bits per heavy atom. The second-order valence-electron chi connectivity index (χ2n) is 6.21. The van der Waals surface area contributed by atoms with Crippen molar-refractivity contribution in [1.82, 2.24) is 0 Å². The topological polar surface area (TPSA) is 64.6 Å². The summed E-state index contributed by atoms with van der Waals surface area (Å²) >= 11 is 1.51. The highest BCUT2D eigenvalue weighted by Crippen LogP contribution is 2.38. The van der Waals surface area contributed by atoms with E-state index in [1.54, 1.807) is 14.0 Å². The zero-order chi connectivity index (χ0) is 18.5. The maximum absolute atomic E-state index is 12.5. The third kappa shape index (κ3) is 4.07. The quantitative estimate of drug-likeness (QED) is 0.778. The van der Waals surface area contributed by atoms with Gasteiger partial charge in [-0.3, -0.25) is 4.79 Å². The number of anilines is 1. The SMILES string of the molecule is CCOC(=O)c1c(NC(=O)Cc2cccc(OC)c2)sc2c1CCCC2. The number of esters is 1. The minimum absolute atomic E-state index is 0.151. The standard InChI is InChI=1S/C20H23NO4S/c1-3-25-20(23)18-15-9-4-5-10-16(15)26-19(18)21-17(22)12-13-7-6-8-14(11-13)24-2/h6-8,11H,3-5,9-10,12H2,1-2H3,(H,21,22). The highest BCUT2D eigenvalue weighted by Gasteiger charge is 2.27. The van der Waals surface area contributed by atoms with Crippen molar-refractivity contribution in [2.75, 3.05) is 19.0 Å². The first-order valence-electron chi connectivity index (χ1n) is 8.86. The Bertz CT molecular complexity index is 812. The summed E-state index contributed by atoms with van der Waals surface area (Å²) in [6.45, 7) is 2.11. The van der Waals surface area contributed by atoms with E-state index in [4.69, 9.17) is 9.47 Å². The maximum atomic E-state index is 12.5. The summed E-state index contributed by atoms with van der Waals surface area (Å²) in [6, 6.07) is 7.42. The van der Waals surface area contributed by atoms with Gasteiger partial charge in [0.15, 0.2) is 0 Å². The van der Waals surface area contributed by atoms with Gasteiger partial charge in [0.05, 0.1) is 25.7 Å². The molecule has 3 rings (SSSR count). The van der Waals surface area contributed by atoms with Gasteiger partial charge in [-0.1, -0.05) is 12.1 Å². The number of amides is 1. The van der Waals surface area contributed by atoms with Crippen molar-refractivity contribution < 1.29 is 19.1 Å². The second-order valence-corrected chi connectivity index (χ2v) is 7.32. The second kappa shape index (κ2) is 8.36. The zero-order valence-corrected chi connectivity index (χ0v) is 15.9. The summed E-state index contributed by atoms with van der Waals surface area (Å²) < 4.78 is 10.4. The van der Waals surface area contributed by atoms with E-state index in [1.165, 1.54) is 16.2 Å². The van der Waals surface area contributed by atoms with Crippen LogP contribution >= 0.6 is 11.3 Å². The molecular formula is C20H23NO4S. The molecule has 1 aromatic heterocycles. The minimum atomic E-state index is -0.344. The Balaban J connectivity index is 1.80. The van der Waals surface area contributed by atoms with Crippen LogP contribution in [0.4, 0.5) is 5.00 Å². The Labute approximate surface area is 157 Å². The average molecular weight is 373 g/mol. The number of carbonyl (C=O) groups is 2. The van der Waals surface area contributed by atoms with Crippen LogP contribution in [0.25, 0.3) is 0 Å². The summed E-state index contributed by atoms with van der Waals surface area (Å²) in [5.41, 5.74) is 2.46. The fourth-order valence-electron chi connectivity index (χ4n) is 3.21. The van der Waals surface area contributed by atoms with Crippen LogP contribution in [0, 0.1) is 0 Å². The van der Waals surface area contributed by atoms with Crippen LogP contribution < -0.4 is 10.1 Å². The first-order chi connectivity index (χ1) is 12.6. The number of fused-ring (bicyclic) bond motifs is 1. The van der Waals surface area contributed by atoms with Crippen molar-refractivity contribution in [3.63, 3.8) is 0 Å². The normalized spacial score (nSPS) is 13.0. The van der Waals surface area contributed by atoms with E-state index in [0.717, 1.165) is 36.8 Å². The monoisotopic (exact) mass is 373 g/mol. The Kier molecular flexibility index (Phi) is 5.93. The molecule has 1 heterocycles. The molecule has 0 atom stereocenters. The highest BCUT2D eigenvalue weighted by molar-refractivity contribution is 7.17. The number of benzene rings is 1. The number of ether oxygens (including phenoxy) is 2. The molecule has 0 radical (unpaired) electrons. The number of aryl methyl sites for hydroxylation is 1. The first kappa shape index (κ1) is 18.5. The molecule has 1 aliphatic carbocycles. The number of rotatable bonds is 6. The number of carbonyl (C=O) groups excluding carboxylic acids is 2. The van der Waals surface area contributed by atoms with Gasteiger partial charge >= 0.3 is 5.97 Å². The molecule has 0 aliphatic heterocycles. The van der Waals surface area contributed by atoms with E-state index in [1.807, 2.05) is 24.3 Å². The number of methoxy groups -OCH3 is 1. The molecule has 1 aliphatic rings. The number of nitrogens with one attached hydrogen (secondary N) is 1. The molecular weight excluding hydrogens is 350 g/mol. The molecule has 26 heavy (non-hydrogen) atoms. The third-order valence-corrected chi connectivity index (χ3v) is 5.61. The van der Waals surface area contributed by atoms with E-state index in [-0.39, 0.29) is 18.3 Å². The van der Waals surface area contributed by atoms with Gasteiger partial charge in [0.1, 0.15) is 10.8 Å². The van der Waals surface area contributed by atoms with Gasteiger partial charge in [0.25, 0.3) is 0 Å². The molecule has 0 bridgehead atoms. The summed E-state index contributed by atoms with van der Waals surface area (Å²) in [6.07, 6.45) is 4.23. The van der Waals surface area contributed by atoms with Gasteiger partial charge in [-0.25, -0.2) is 4.79 Å². The maximum Gasteiger partial charge on any atom is 0.341 e. The molecule has 138 valence electrons. The Morgan fingerprint density at radius 3 is 2.81 bits per heavy atom. The third-order valence-electron chi connectivity index (χ3n) is 4.40. The van der Waals surface area contributed by atoms with Crippen molar-refractivity contribution in [2.24, 2.45) is 0 Å². The van der Waals surface area contributed by atoms with Crippen LogP contribution in [0.15, 0.2) is 24.3 Å². The van der Waals surface area contributed by atoms with E-state index >= 15 is 0 Å². The lowest BCUT2D eigenvalue weighted by Gasteiger charge is -2.12. The highest BCUT2D eigenvalue weighted by atomic mass is 32.1. The molecule has 0 fully saturated rings. The predicted molar refractivity (Wildman–Crippen MR) is 102 cm³/mol. The van der Waals surface area contributed by atoms with E-state index < -0.39 is 0 Å². The molecule has 1 aromatic carbocycles. The fraction of sp³-hybridized carbons (Fsp3) is 0.400. The molecule has 0 spiro atoms. The van der Waals surface area contributed by atoms with Crippen molar-refractivity contribution in [3.8, 4) is 5.75 Å². The Morgan fingerprint density at radius 2 is 2.04 bits per heavy atom. The molecule has 6 heteroatoms. The fourth-order valence-corrected chi connectivity index (χ4v) is 4.51. The largest absolute Gasteiger partial charge is 0.497 e. The summed E-state index contributed by atoms with van der Waals surface area (Å²) in [7, 11) is 1.60. The molecule has 0 unspecified atom stereocenters. The number of thiophene rings is 1. The van der Waals surface area contributed by atoms with Crippen molar-refractivity contribution in [3.05, 3.63) is 45.8 Å². The van der Waals surface area contributed by atoms with Gasteiger partial charge in [-0.2, -0.15) is 0 Å². The smallest absolute Gasteiger partial charge is 0.341 e. The summed E-state index contributed by atoms with van der Waals surface area (Å²) in [4.78, 5) is 26.2. The predicted octanol–water partition coefficient (Wildman–Crippen LogP) is 3.99. The molecule has 0 saturated heterocycles.